The quantitative estimate of drug-likeness (QED) is 0.377. The second-order valence-corrected chi connectivity index (χ2v) is 6.16. The average molecular weight is 520 g/mol. The monoisotopic (exact) mass is 520 g/mol. The molecule has 0 spiro atoms. The van der Waals surface area contributed by atoms with Crippen molar-refractivity contribution in [2.24, 2.45) is 0 Å². The fourth-order valence-electron chi connectivity index (χ4n) is 2.42. The fraction of sp³-hybridized carbons (Fsp3) is 0.0625. The van der Waals surface area contributed by atoms with E-state index in [2.05, 4.69) is 21.2 Å². The number of hydrogen-bond donors (Lipinski definition) is 0. The van der Waals surface area contributed by atoms with Crippen molar-refractivity contribution in [2.75, 3.05) is 0 Å². The largest absolute Gasteiger partial charge is 0.318 e. The van der Waals surface area contributed by atoms with E-state index >= 15 is 0 Å². The molecule has 0 unspecified atom stereocenters. The maximum Gasteiger partial charge on any atom is 0.149 e. The van der Waals surface area contributed by atoms with Gasteiger partial charge in [0.15, 0.2) is 0 Å². The Kier molecular flexibility index (Phi) is 4.53. The van der Waals surface area contributed by atoms with Crippen LogP contribution in [0.15, 0.2) is 36.7 Å². The molecule has 8 heteroatoms. The Morgan fingerprint density at radius 2 is 1.96 bits per heavy atom. The van der Waals surface area contributed by atoms with Gasteiger partial charge in [-0.05, 0) is 29.3 Å². The standard InChI is InChI=1S/C16H9F2N4S.Ir/c1-9-20-13-7-10(5-6-14(13)23-9)16-21-19-8-22(16)15-11(17)3-2-4-12(15)18;/h2-4,6-8H,1H3;/q-1;. The molecule has 0 atom stereocenters. The number of aryl methyl sites for hydroxylation is 1. The smallest absolute Gasteiger partial charge is 0.149 e. The van der Waals surface area contributed by atoms with Crippen molar-refractivity contribution in [2.45, 2.75) is 6.92 Å². The molecular weight excluding hydrogens is 510 g/mol. The van der Waals surface area contributed by atoms with Gasteiger partial charge < -0.3 is 4.57 Å². The van der Waals surface area contributed by atoms with E-state index in [1.165, 1.54) is 29.1 Å². The van der Waals surface area contributed by atoms with E-state index in [-0.39, 0.29) is 25.8 Å². The average Bonchev–Trinajstić information content (AvgIpc) is 3.11. The SMILES string of the molecule is Cc1nc2cc(-c3nncn3-c3c(F)cccc3F)[c-]cc2s1.[Ir]. The predicted molar refractivity (Wildman–Crippen MR) is 83.5 cm³/mol. The second-order valence-electron chi connectivity index (χ2n) is 4.92. The minimum absolute atomic E-state index is 0. The summed E-state index contributed by atoms with van der Waals surface area (Å²) in [4.78, 5) is 4.41. The van der Waals surface area contributed by atoms with E-state index in [0.717, 1.165) is 15.2 Å². The van der Waals surface area contributed by atoms with Gasteiger partial charge in [-0.15, -0.1) is 28.9 Å². The van der Waals surface area contributed by atoms with Gasteiger partial charge in [-0.25, -0.2) is 8.78 Å². The first kappa shape index (κ1) is 16.8. The minimum atomic E-state index is -0.684. The molecular formula is C16H9F2IrN4S-. The minimum Gasteiger partial charge on any atom is -0.318 e. The number of para-hydroxylation sites is 1. The zero-order chi connectivity index (χ0) is 16.0. The molecule has 0 aliphatic heterocycles. The first-order valence-corrected chi connectivity index (χ1v) is 7.59. The van der Waals surface area contributed by atoms with E-state index in [0.29, 0.717) is 11.4 Å². The number of aromatic nitrogens is 4. The third-order valence-electron chi connectivity index (χ3n) is 3.39. The zero-order valence-corrected chi connectivity index (χ0v) is 15.5. The molecule has 2 heterocycles. The zero-order valence-electron chi connectivity index (χ0n) is 12.3. The van der Waals surface area contributed by atoms with Crippen LogP contribution in [-0.2, 0) is 20.1 Å². The van der Waals surface area contributed by atoms with Gasteiger partial charge in [-0.3, -0.25) is 4.98 Å². The van der Waals surface area contributed by atoms with Gasteiger partial charge in [0.25, 0.3) is 0 Å². The number of benzene rings is 2. The van der Waals surface area contributed by atoms with Crippen LogP contribution >= 0.6 is 11.3 Å². The van der Waals surface area contributed by atoms with Crippen molar-refractivity contribution >= 4 is 21.6 Å². The predicted octanol–water partition coefficient (Wildman–Crippen LogP) is 3.93. The van der Waals surface area contributed by atoms with Crippen molar-refractivity contribution in [3.63, 3.8) is 0 Å². The summed E-state index contributed by atoms with van der Waals surface area (Å²) in [6.07, 6.45) is 1.28. The van der Waals surface area contributed by atoms with Gasteiger partial charge in [-0.2, -0.15) is 16.4 Å². The van der Waals surface area contributed by atoms with Crippen molar-refractivity contribution < 1.29 is 28.9 Å². The number of fused-ring (bicyclic) bond motifs is 1. The van der Waals surface area contributed by atoms with E-state index in [1.807, 2.05) is 6.92 Å². The maximum atomic E-state index is 14.0. The number of thiazole rings is 1. The van der Waals surface area contributed by atoms with Crippen LogP contribution in [0, 0.1) is 24.6 Å². The first-order chi connectivity index (χ1) is 11.1. The van der Waals surface area contributed by atoms with E-state index in [1.54, 1.807) is 23.5 Å². The molecule has 0 aliphatic carbocycles. The number of nitrogens with zero attached hydrogens (tertiary/aromatic N) is 4. The summed E-state index contributed by atoms with van der Waals surface area (Å²) in [6.45, 7) is 1.92. The van der Waals surface area contributed by atoms with Gasteiger partial charge in [0, 0.05) is 20.1 Å². The molecule has 4 rings (SSSR count). The van der Waals surface area contributed by atoms with Crippen molar-refractivity contribution in [1.29, 1.82) is 0 Å². The Hall–Kier alpha value is -2.02. The molecule has 24 heavy (non-hydrogen) atoms. The Bertz CT molecular complexity index is 1010. The van der Waals surface area contributed by atoms with Crippen molar-refractivity contribution in [3.05, 3.63) is 59.4 Å². The van der Waals surface area contributed by atoms with Crippen LogP contribution in [0.1, 0.15) is 5.01 Å². The third kappa shape index (κ3) is 2.77. The summed E-state index contributed by atoms with van der Waals surface area (Å²) < 4.78 is 30.3. The molecule has 4 nitrogen and oxygen atoms in total. The Labute approximate surface area is 153 Å². The van der Waals surface area contributed by atoms with Gasteiger partial charge in [0.05, 0.1) is 10.8 Å². The Morgan fingerprint density at radius 1 is 1.21 bits per heavy atom. The normalized spacial score (nSPS) is 10.8. The Morgan fingerprint density at radius 3 is 2.71 bits per heavy atom. The van der Waals surface area contributed by atoms with E-state index < -0.39 is 11.6 Å². The summed E-state index contributed by atoms with van der Waals surface area (Å²) in [5.41, 5.74) is 1.16. The molecule has 0 aliphatic rings. The number of hydrogen-bond acceptors (Lipinski definition) is 4. The number of rotatable bonds is 2. The molecule has 0 amide bonds. The molecule has 1 radical (unpaired) electrons. The molecule has 0 saturated carbocycles. The molecule has 123 valence electrons. The molecule has 0 N–H and O–H groups in total. The molecule has 4 aromatic rings. The van der Waals surface area contributed by atoms with Crippen LogP contribution in [-0.4, -0.2) is 19.7 Å². The van der Waals surface area contributed by atoms with Crippen LogP contribution in [0.2, 0.25) is 0 Å². The Balaban J connectivity index is 0.00000169. The fourth-order valence-corrected chi connectivity index (χ4v) is 3.21. The van der Waals surface area contributed by atoms with E-state index in [9.17, 15) is 8.78 Å². The van der Waals surface area contributed by atoms with Gasteiger partial charge in [-0.1, -0.05) is 6.07 Å². The van der Waals surface area contributed by atoms with Crippen LogP contribution in [0.3, 0.4) is 0 Å². The van der Waals surface area contributed by atoms with Gasteiger partial charge in [0.2, 0.25) is 0 Å². The molecule has 0 fully saturated rings. The summed E-state index contributed by atoms with van der Waals surface area (Å²) in [7, 11) is 0. The number of halogens is 2. The topological polar surface area (TPSA) is 43.6 Å². The molecule has 2 aromatic heterocycles. The van der Waals surface area contributed by atoms with Gasteiger partial charge in [0.1, 0.15) is 23.6 Å². The summed E-state index contributed by atoms with van der Waals surface area (Å²) >= 11 is 1.56. The molecule has 0 bridgehead atoms. The van der Waals surface area contributed by atoms with Crippen LogP contribution in [0.4, 0.5) is 8.78 Å². The van der Waals surface area contributed by atoms with Crippen LogP contribution < -0.4 is 0 Å². The summed E-state index contributed by atoms with van der Waals surface area (Å²) in [5, 5.41) is 8.70. The summed E-state index contributed by atoms with van der Waals surface area (Å²) in [5.74, 6) is -1.06. The molecule has 2 aromatic carbocycles. The van der Waals surface area contributed by atoms with Gasteiger partial charge >= 0.3 is 0 Å². The van der Waals surface area contributed by atoms with Crippen LogP contribution in [0.25, 0.3) is 27.3 Å². The first-order valence-electron chi connectivity index (χ1n) is 6.77. The maximum absolute atomic E-state index is 14.0. The van der Waals surface area contributed by atoms with Crippen molar-refractivity contribution in [1.82, 2.24) is 19.7 Å². The van der Waals surface area contributed by atoms with E-state index in [4.69, 9.17) is 0 Å². The second kappa shape index (κ2) is 6.47. The summed E-state index contributed by atoms with van der Waals surface area (Å²) in [6, 6.07) is 10.4. The van der Waals surface area contributed by atoms with Crippen molar-refractivity contribution in [3.8, 4) is 17.1 Å². The third-order valence-corrected chi connectivity index (χ3v) is 4.33. The van der Waals surface area contributed by atoms with Crippen LogP contribution in [0.5, 0.6) is 0 Å². The molecule has 0 saturated heterocycles.